The zero-order valence-electron chi connectivity index (χ0n) is 12.9. The summed E-state index contributed by atoms with van der Waals surface area (Å²) in [6.07, 6.45) is -0.211. The molecule has 0 fully saturated rings. The van der Waals surface area contributed by atoms with Gasteiger partial charge in [0.1, 0.15) is 18.1 Å². The van der Waals surface area contributed by atoms with Gasteiger partial charge in [-0.1, -0.05) is 24.3 Å². The predicted molar refractivity (Wildman–Crippen MR) is 83.3 cm³/mol. The molecule has 0 aromatic heterocycles. The third kappa shape index (κ3) is 2.54. The van der Waals surface area contributed by atoms with Crippen LogP contribution in [0.15, 0.2) is 30.3 Å². The summed E-state index contributed by atoms with van der Waals surface area (Å²) in [5.41, 5.74) is 2.89. The van der Waals surface area contributed by atoms with E-state index >= 15 is 0 Å². The van der Waals surface area contributed by atoms with Crippen molar-refractivity contribution in [3.05, 3.63) is 58.1 Å². The zero-order chi connectivity index (χ0) is 16.6. The number of benzene rings is 2. The minimum absolute atomic E-state index is 0.153. The first-order chi connectivity index (χ1) is 11.0. The summed E-state index contributed by atoms with van der Waals surface area (Å²) in [6.45, 7) is 2.02. The minimum Gasteiger partial charge on any atom is -0.496 e. The van der Waals surface area contributed by atoms with E-state index in [1.54, 1.807) is 25.1 Å². The first kappa shape index (κ1) is 15.1. The van der Waals surface area contributed by atoms with Crippen LogP contribution in [0.1, 0.15) is 32.6 Å². The molecule has 0 unspecified atom stereocenters. The number of ether oxygens (including phenoxy) is 2. The molecule has 118 valence electrons. The lowest BCUT2D eigenvalue weighted by Crippen LogP contribution is -2.11. The Labute approximate surface area is 133 Å². The third-order valence-corrected chi connectivity index (χ3v) is 4.05. The quantitative estimate of drug-likeness (QED) is 0.943. The van der Waals surface area contributed by atoms with Crippen LogP contribution in [0.5, 0.6) is 11.5 Å². The van der Waals surface area contributed by atoms with Crippen molar-refractivity contribution < 1.29 is 24.2 Å². The highest BCUT2D eigenvalue weighted by atomic mass is 16.5. The second-order valence-corrected chi connectivity index (χ2v) is 5.40. The second-order valence-electron chi connectivity index (χ2n) is 5.40. The molecule has 5 nitrogen and oxygen atoms in total. The van der Waals surface area contributed by atoms with Crippen LogP contribution in [0, 0.1) is 6.92 Å². The molecule has 3 rings (SSSR count). The molecule has 2 aromatic rings. The summed E-state index contributed by atoms with van der Waals surface area (Å²) in [6, 6.07) is 8.87. The zero-order valence-corrected chi connectivity index (χ0v) is 12.9. The topological polar surface area (TPSA) is 72.8 Å². The maximum atomic E-state index is 12.9. The molecule has 0 saturated carbocycles. The van der Waals surface area contributed by atoms with Crippen molar-refractivity contribution in [3.8, 4) is 11.5 Å². The van der Waals surface area contributed by atoms with Gasteiger partial charge in [-0.3, -0.25) is 9.59 Å². The molecule has 1 aliphatic rings. The highest BCUT2D eigenvalue weighted by Gasteiger charge is 2.27. The van der Waals surface area contributed by atoms with Crippen LogP contribution in [0.3, 0.4) is 0 Å². The van der Waals surface area contributed by atoms with E-state index in [2.05, 4.69) is 0 Å². The van der Waals surface area contributed by atoms with E-state index in [0.717, 1.165) is 5.56 Å². The van der Waals surface area contributed by atoms with Crippen molar-refractivity contribution in [2.75, 3.05) is 7.11 Å². The molecule has 5 heteroatoms. The Morgan fingerprint density at radius 2 is 2.09 bits per heavy atom. The summed E-state index contributed by atoms with van der Waals surface area (Å²) in [5, 5.41) is 9.12. The number of ketones is 1. The number of rotatable bonds is 3. The summed E-state index contributed by atoms with van der Waals surface area (Å²) < 4.78 is 11.1. The van der Waals surface area contributed by atoms with Crippen molar-refractivity contribution in [1.82, 2.24) is 0 Å². The molecule has 0 atom stereocenters. The number of aliphatic carboxylic acids is 1. The first-order valence-electron chi connectivity index (χ1n) is 7.20. The molecular weight excluding hydrogens is 296 g/mol. The Kier molecular flexibility index (Phi) is 3.78. The molecular formula is C18H16O5. The summed E-state index contributed by atoms with van der Waals surface area (Å²) in [7, 11) is 1.47. The molecule has 0 amide bonds. The molecule has 0 radical (unpaired) electrons. The van der Waals surface area contributed by atoms with Crippen molar-refractivity contribution in [1.29, 1.82) is 0 Å². The fourth-order valence-corrected chi connectivity index (χ4v) is 2.91. The molecule has 1 heterocycles. The van der Waals surface area contributed by atoms with Crippen LogP contribution >= 0.6 is 0 Å². The van der Waals surface area contributed by atoms with E-state index in [0.29, 0.717) is 33.8 Å². The largest absolute Gasteiger partial charge is 0.496 e. The highest BCUT2D eigenvalue weighted by Crippen LogP contribution is 2.37. The standard InChI is InChI=1S/C18H16O5/c1-10-13(7-16(19)20)14(22-2)8-15-17(10)18(21)12-6-4-3-5-11(12)9-23-15/h3-6,8H,7,9H2,1-2H3,(H,19,20). The van der Waals surface area contributed by atoms with Gasteiger partial charge in [0.25, 0.3) is 0 Å². The lowest BCUT2D eigenvalue weighted by atomic mass is 9.91. The number of hydrogen-bond donors (Lipinski definition) is 1. The number of hydrogen-bond acceptors (Lipinski definition) is 4. The fourth-order valence-electron chi connectivity index (χ4n) is 2.91. The van der Waals surface area contributed by atoms with Gasteiger partial charge in [-0.05, 0) is 12.5 Å². The van der Waals surface area contributed by atoms with Gasteiger partial charge in [-0.2, -0.15) is 0 Å². The van der Waals surface area contributed by atoms with Crippen LogP contribution in [0.25, 0.3) is 0 Å². The van der Waals surface area contributed by atoms with Gasteiger partial charge in [0, 0.05) is 22.8 Å². The van der Waals surface area contributed by atoms with Crippen LogP contribution in [0.4, 0.5) is 0 Å². The van der Waals surface area contributed by atoms with Crippen LogP contribution in [-0.2, 0) is 17.8 Å². The molecule has 1 N–H and O–H groups in total. The molecule has 0 spiro atoms. The number of fused-ring (bicyclic) bond motifs is 2. The third-order valence-electron chi connectivity index (χ3n) is 4.05. The monoisotopic (exact) mass is 312 g/mol. The molecule has 23 heavy (non-hydrogen) atoms. The minimum atomic E-state index is -0.978. The normalized spacial score (nSPS) is 12.7. The van der Waals surface area contributed by atoms with Gasteiger partial charge >= 0.3 is 5.97 Å². The van der Waals surface area contributed by atoms with Gasteiger partial charge < -0.3 is 14.6 Å². The molecule has 0 aliphatic carbocycles. The van der Waals surface area contributed by atoms with Gasteiger partial charge in [0.2, 0.25) is 0 Å². The maximum Gasteiger partial charge on any atom is 0.307 e. The predicted octanol–water partition coefficient (Wildman–Crippen LogP) is 2.75. The molecule has 0 saturated heterocycles. The summed E-state index contributed by atoms with van der Waals surface area (Å²) in [5.74, 6) is -0.286. The Morgan fingerprint density at radius 1 is 1.35 bits per heavy atom. The molecule has 0 bridgehead atoms. The fraction of sp³-hybridized carbons (Fsp3) is 0.222. The lowest BCUT2D eigenvalue weighted by Gasteiger charge is -2.16. The van der Waals surface area contributed by atoms with Crippen molar-refractivity contribution >= 4 is 11.8 Å². The number of carbonyl (C=O) groups is 2. The Morgan fingerprint density at radius 3 is 2.78 bits per heavy atom. The van der Waals surface area contributed by atoms with Gasteiger partial charge in [0.05, 0.1) is 19.1 Å². The number of carbonyl (C=O) groups excluding carboxylic acids is 1. The lowest BCUT2D eigenvalue weighted by molar-refractivity contribution is -0.136. The summed E-state index contributed by atoms with van der Waals surface area (Å²) >= 11 is 0. The Hall–Kier alpha value is -2.82. The first-order valence-corrected chi connectivity index (χ1v) is 7.20. The van der Waals surface area contributed by atoms with E-state index in [-0.39, 0.29) is 18.8 Å². The van der Waals surface area contributed by atoms with E-state index in [1.807, 2.05) is 12.1 Å². The van der Waals surface area contributed by atoms with Crippen molar-refractivity contribution in [2.45, 2.75) is 20.0 Å². The molecule has 1 aliphatic heterocycles. The average molecular weight is 312 g/mol. The van der Waals surface area contributed by atoms with Gasteiger partial charge in [0.15, 0.2) is 5.78 Å². The maximum absolute atomic E-state index is 12.9. The van der Waals surface area contributed by atoms with E-state index < -0.39 is 5.97 Å². The van der Waals surface area contributed by atoms with E-state index in [9.17, 15) is 9.59 Å². The number of carboxylic acid groups (broad SMARTS) is 1. The van der Waals surface area contributed by atoms with Crippen molar-refractivity contribution in [2.24, 2.45) is 0 Å². The number of methoxy groups -OCH3 is 1. The number of carboxylic acids is 1. The highest BCUT2D eigenvalue weighted by molar-refractivity contribution is 6.13. The molecule has 2 aromatic carbocycles. The van der Waals surface area contributed by atoms with Gasteiger partial charge in [-0.15, -0.1) is 0 Å². The summed E-state index contributed by atoms with van der Waals surface area (Å²) in [4.78, 5) is 24.1. The van der Waals surface area contributed by atoms with Gasteiger partial charge in [-0.25, -0.2) is 0 Å². The average Bonchev–Trinajstić information content (AvgIpc) is 2.67. The Bertz CT molecular complexity index is 807. The van der Waals surface area contributed by atoms with E-state index in [1.165, 1.54) is 7.11 Å². The van der Waals surface area contributed by atoms with Crippen LogP contribution in [0.2, 0.25) is 0 Å². The van der Waals surface area contributed by atoms with Crippen molar-refractivity contribution in [3.63, 3.8) is 0 Å². The van der Waals surface area contributed by atoms with E-state index in [4.69, 9.17) is 14.6 Å². The smallest absolute Gasteiger partial charge is 0.307 e. The Balaban J connectivity index is 2.23. The second kappa shape index (κ2) is 5.76. The van der Waals surface area contributed by atoms with Crippen LogP contribution < -0.4 is 9.47 Å². The van der Waals surface area contributed by atoms with Crippen LogP contribution in [-0.4, -0.2) is 24.0 Å². The SMILES string of the molecule is COc1cc2c(c(C)c1CC(=O)O)C(=O)c1ccccc1CO2.